The van der Waals surface area contributed by atoms with Crippen LogP contribution in [0.15, 0.2) is 10.9 Å². The Balaban J connectivity index is 1.75. The molecule has 2 aromatic heterocycles. The maximum absolute atomic E-state index is 13.3. The highest BCUT2D eigenvalue weighted by Crippen LogP contribution is 2.26. The summed E-state index contributed by atoms with van der Waals surface area (Å²) in [6.07, 6.45) is 2.19. The number of fused-ring (bicyclic) bond motifs is 1. The van der Waals surface area contributed by atoms with Crippen molar-refractivity contribution in [3.8, 4) is 5.88 Å². The smallest absolute Gasteiger partial charge is 0.270 e. The molecule has 2 aromatic rings. The molecule has 0 bridgehead atoms. The van der Waals surface area contributed by atoms with Gasteiger partial charge in [0.15, 0.2) is 5.56 Å². The fourth-order valence-electron chi connectivity index (χ4n) is 4.23. The van der Waals surface area contributed by atoms with Crippen LogP contribution in [0.25, 0.3) is 11.7 Å². The molecule has 11 heteroatoms. The number of likely N-dealkylation sites (tertiary alicyclic amines) is 1. The lowest BCUT2D eigenvalue weighted by Crippen LogP contribution is -2.36. The van der Waals surface area contributed by atoms with Crippen molar-refractivity contribution in [1.82, 2.24) is 24.4 Å². The normalized spacial score (nSPS) is 18.7. The first-order valence-corrected chi connectivity index (χ1v) is 11.5. The van der Waals surface area contributed by atoms with Gasteiger partial charge in [0.25, 0.3) is 11.5 Å². The number of aromatic hydroxyl groups is 1. The van der Waals surface area contributed by atoms with Crippen molar-refractivity contribution in [3.63, 3.8) is 0 Å². The first-order chi connectivity index (χ1) is 16.1. The maximum atomic E-state index is 13.3. The number of alkyl halides is 2. The van der Waals surface area contributed by atoms with E-state index in [0.29, 0.717) is 11.3 Å². The third kappa shape index (κ3) is 4.55. The molecule has 2 N–H and O–H groups in total. The number of carbonyl (C=O) groups is 2. The number of aromatic nitrogens is 3. The zero-order valence-electron chi connectivity index (χ0n) is 19.4. The predicted molar refractivity (Wildman–Crippen MR) is 121 cm³/mol. The summed E-state index contributed by atoms with van der Waals surface area (Å²) in [6.45, 7) is 5.99. The van der Waals surface area contributed by atoms with Crippen LogP contribution >= 0.6 is 0 Å². The number of hydrogen-bond donors (Lipinski definition) is 2. The standard InChI is InChI=1S/C23H29F2N5O4/c1-12(2)10-29-21-16(6-7-17(31)28-9-8-14(11-28)19(24)25)13(3)27-30(21)23(34)18(22(29)33)20(32)26-15-4-5-15/h6-7,12,14-15,19,34H,4-5,8-11H2,1-3H3,(H,26,32). The summed E-state index contributed by atoms with van der Waals surface area (Å²) in [5, 5.41) is 17.9. The van der Waals surface area contributed by atoms with Crippen LogP contribution in [0, 0.1) is 18.8 Å². The second-order valence-electron chi connectivity index (χ2n) is 9.49. The fraction of sp³-hybridized carbons (Fsp3) is 0.565. The second kappa shape index (κ2) is 9.19. The molecule has 0 aromatic carbocycles. The molecule has 0 radical (unpaired) electrons. The van der Waals surface area contributed by atoms with Gasteiger partial charge in [-0.25, -0.2) is 8.78 Å². The molecule has 1 saturated heterocycles. The van der Waals surface area contributed by atoms with Crippen molar-refractivity contribution in [1.29, 1.82) is 0 Å². The molecule has 2 amide bonds. The molecule has 2 aliphatic rings. The summed E-state index contributed by atoms with van der Waals surface area (Å²) in [5.41, 5.74) is 0.108. The highest BCUT2D eigenvalue weighted by atomic mass is 19.3. The van der Waals surface area contributed by atoms with Crippen molar-refractivity contribution in [2.75, 3.05) is 13.1 Å². The summed E-state index contributed by atoms with van der Waals surface area (Å²) >= 11 is 0. The van der Waals surface area contributed by atoms with Crippen LogP contribution in [0.5, 0.6) is 5.88 Å². The first-order valence-electron chi connectivity index (χ1n) is 11.5. The van der Waals surface area contributed by atoms with Crippen molar-refractivity contribution in [3.05, 3.63) is 33.3 Å². The van der Waals surface area contributed by atoms with Crippen LogP contribution in [-0.2, 0) is 11.3 Å². The lowest BCUT2D eigenvalue weighted by atomic mass is 10.1. The minimum absolute atomic E-state index is 0.000310. The molecular weight excluding hydrogens is 448 g/mol. The number of aryl methyl sites for hydroxylation is 1. The Kier molecular flexibility index (Phi) is 6.46. The molecule has 0 spiro atoms. The van der Waals surface area contributed by atoms with Crippen molar-refractivity contribution >= 4 is 23.5 Å². The molecule has 2 fully saturated rings. The van der Waals surface area contributed by atoms with Gasteiger partial charge in [0.1, 0.15) is 5.65 Å². The average molecular weight is 478 g/mol. The molecule has 3 heterocycles. The minimum Gasteiger partial charge on any atom is -0.492 e. The monoisotopic (exact) mass is 477 g/mol. The van der Waals surface area contributed by atoms with E-state index >= 15 is 0 Å². The van der Waals surface area contributed by atoms with E-state index in [0.717, 1.165) is 17.4 Å². The second-order valence-corrected chi connectivity index (χ2v) is 9.49. The Morgan fingerprint density at radius 2 is 1.97 bits per heavy atom. The Labute approximate surface area is 195 Å². The third-order valence-electron chi connectivity index (χ3n) is 6.19. The Morgan fingerprint density at radius 1 is 1.26 bits per heavy atom. The van der Waals surface area contributed by atoms with Crippen LogP contribution < -0.4 is 10.9 Å². The van der Waals surface area contributed by atoms with Crippen LogP contribution in [-0.4, -0.2) is 61.6 Å². The molecule has 1 saturated carbocycles. The van der Waals surface area contributed by atoms with Crippen LogP contribution in [0.3, 0.4) is 0 Å². The van der Waals surface area contributed by atoms with Gasteiger partial charge in [0.2, 0.25) is 18.2 Å². The van der Waals surface area contributed by atoms with Crippen LogP contribution in [0.4, 0.5) is 8.78 Å². The van der Waals surface area contributed by atoms with E-state index in [2.05, 4.69) is 10.4 Å². The molecule has 4 rings (SSSR count). The number of nitrogens with zero attached hydrogens (tertiary/aromatic N) is 4. The number of halogens is 2. The number of rotatable bonds is 7. The Bertz CT molecular complexity index is 1210. The van der Waals surface area contributed by atoms with E-state index in [1.165, 1.54) is 21.6 Å². The van der Waals surface area contributed by atoms with Gasteiger partial charge in [0.05, 0.1) is 5.69 Å². The van der Waals surface area contributed by atoms with E-state index in [1.54, 1.807) is 6.92 Å². The summed E-state index contributed by atoms with van der Waals surface area (Å²) in [4.78, 5) is 40.0. The van der Waals surface area contributed by atoms with Gasteiger partial charge in [-0.15, -0.1) is 0 Å². The lowest BCUT2D eigenvalue weighted by molar-refractivity contribution is -0.125. The molecule has 1 aliphatic carbocycles. The summed E-state index contributed by atoms with van der Waals surface area (Å²) in [6, 6.07) is -0.000310. The average Bonchev–Trinajstić information content (AvgIpc) is 3.31. The summed E-state index contributed by atoms with van der Waals surface area (Å²) in [5.74, 6) is -2.41. The van der Waals surface area contributed by atoms with Crippen LogP contribution in [0.2, 0.25) is 0 Å². The van der Waals surface area contributed by atoms with Gasteiger partial charge in [-0.2, -0.15) is 9.61 Å². The maximum Gasteiger partial charge on any atom is 0.270 e. The van der Waals surface area contributed by atoms with Gasteiger partial charge < -0.3 is 15.3 Å². The predicted octanol–water partition coefficient (Wildman–Crippen LogP) is 2.19. The molecule has 34 heavy (non-hydrogen) atoms. The highest BCUT2D eigenvalue weighted by molar-refractivity contribution is 5.97. The topological polar surface area (TPSA) is 109 Å². The van der Waals surface area contributed by atoms with E-state index in [-0.39, 0.29) is 49.2 Å². The van der Waals surface area contributed by atoms with Crippen molar-refractivity contribution < 1.29 is 23.5 Å². The quantitative estimate of drug-likeness (QED) is 0.595. The van der Waals surface area contributed by atoms with E-state index in [9.17, 15) is 28.3 Å². The SMILES string of the molecule is Cc1nn2c(O)c(C(=O)NC3CC3)c(=O)n(CC(C)C)c2c1C=CC(=O)N1CCC(C(F)F)C1. The third-order valence-corrected chi connectivity index (χ3v) is 6.19. The molecule has 184 valence electrons. The largest absolute Gasteiger partial charge is 0.492 e. The van der Waals surface area contributed by atoms with E-state index in [4.69, 9.17) is 0 Å². The minimum atomic E-state index is -2.47. The molecule has 1 unspecified atom stereocenters. The van der Waals surface area contributed by atoms with Crippen molar-refractivity contribution in [2.45, 2.75) is 59.0 Å². The van der Waals surface area contributed by atoms with E-state index < -0.39 is 35.6 Å². The first kappa shape index (κ1) is 23.9. The summed E-state index contributed by atoms with van der Waals surface area (Å²) < 4.78 is 28.4. The van der Waals surface area contributed by atoms with Gasteiger partial charge in [-0.05, 0) is 38.2 Å². The van der Waals surface area contributed by atoms with E-state index in [1.807, 2.05) is 13.8 Å². The van der Waals surface area contributed by atoms with Gasteiger partial charge in [-0.1, -0.05) is 13.8 Å². The number of amides is 2. The molecule has 9 nitrogen and oxygen atoms in total. The number of nitrogens with one attached hydrogen (secondary N) is 1. The Morgan fingerprint density at radius 3 is 2.56 bits per heavy atom. The van der Waals surface area contributed by atoms with Gasteiger partial charge in [0, 0.05) is 43.2 Å². The molecule has 1 atom stereocenters. The fourth-order valence-corrected chi connectivity index (χ4v) is 4.23. The zero-order valence-corrected chi connectivity index (χ0v) is 19.4. The lowest BCUT2D eigenvalue weighted by Gasteiger charge is -2.15. The van der Waals surface area contributed by atoms with Gasteiger partial charge >= 0.3 is 0 Å². The highest BCUT2D eigenvalue weighted by Gasteiger charge is 2.32. The number of hydrogen-bond acceptors (Lipinski definition) is 5. The number of carbonyl (C=O) groups excluding carboxylic acids is 2. The van der Waals surface area contributed by atoms with Crippen LogP contribution in [0.1, 0.15) is 54.7 Å². The molecule has 1 aliphatic heterocycles. The summed E-state index contributed by atoms with van der Waals surface area (Å²) in [7, 11) is 0. The van der Waals surface area contributed by atoms with Gasteiger partial charge in [-0.3, -0.25) is 19.0 Å². The Hall–Kier alpha value is -3.24. The zero-order chi connectivity index (χ0) is 24.7. The van der Waals surface area contributed by atoms with Crippen molar-refractivity contribution in [2.24, 2.45) is 11.8 Å². The molecular formula is C23H29F2N5O4.